The predicted molar refractivity (Wildman–Crippen MR) is 84.6 cm³/mol. The second kappa shape index (κ2) is 6.73. The molecule has 1 aromatic carbocycles. The van der Waals surface area contributed by atoms with Gasteiger partial charge in [0, 0.05) is 25.0 Å². The Bertz CT molecular complexity index is 694. The molecule has 6 heteroatoms. The van der Waals surface area contributed by atoms with Gasteiger partial charge in [0.2, 0.25) is 0 Å². The summed E-state index contributed by atoms with van der Waals surface area (Å²) >= 11 is 0. The van der Waals surface area contributed by atoms with E-state index in [1.165, 1.54) is 18.7 Å². The molecule has 1 amide bonds. The molecule has 0 spiro atoms. The third kappa shape index (κ3) is 3.47. The summed E-state index contributed by atoms with van der Waals surface area (Å²) in [5, 5.41) is 2.25. The lowest BCUT2D eigenvalue weighted by Crippen LogP contribution is -2.29. The third-order valence-electron chi connectivity index (χ3n) is 3.90. The zero-order valence-corrected chi connectivity index (χ0v) is 12.6. The molecule has 2 aromatic rings. The van der Waals surface area contributed by atoms with Crippen LogP contribution in [0, 0.1) is 11.6 Å². The molecule has 1 saturated heterocycles. The Morgan fingerprint density at radius 3 is 2.48 bits per heavy atom. The number of nitrogens with zero attached hydrogens (tertiary/aromatic N) is 2. The Hall–Kier alpha value is -2.50. The number of pyridine rings is 1. The summed E-state index contributed by atoms with van der Waals surface area (Å²) < 4.78 is 27.2. The van der Waals surface area contributed by atoms with Crippen molar-refractivity contribution in [2.75, 3.05) is 23.3 Å². The van der Waals surface area contributed by atoms with Gasteiger partial charge in [-0.25, -0.2) is 8.78 Å². The molecule has 0 bridgehead atoms. The van der Waals surface area contributed by atoms with Crippen molar-refractivity contribution in [3.63, 3.8) is 0 Å². The van der Waals surface area contributed by atoms with E-state index in [1.54, 1.807) is 6.07 Å². The number of carbonyl (C=O) groups excluding carboxylic acids is 1. The SMILES string of the molecule is O=C(Nc1c(F)cccc1F)c1cc(N2CCCCC2)ccn1. The average Bonchev–Trinajstić information content (AvgIpc) is 2.59. The van der Waals surface area contributed by atoms with Gasteiger partial charge in [-0.2, -0.15) is 0 Å². The lowest BCUT2D eigenvalue weighted by molar-refractivity contribution is 0.102. The minimum atomic E-state index is -0.814. The number of piperidine rings is 1. The van der Waals surface area contributed by atoms with Crippen LogP contribution in [-0.4, -0.2) is 24.0 Å². The summed E-state index contributed by atoms with van der Waals surface area (Å²) in [5.41, 5.74) is 0.581. The second-order valence-corrected chi connectivity index (χ2v) is 5.50. The average molecular weight is 317 g/mol. The fourth-order valence-electron chi connectivity index (χ4n) is 2.69. The van der Waals surface area contributed by atoms with Gasteiger partial charge < -0.3 is 10.2 Å². The van der Waals surface area contributed by atoms with E-state index in [1.807, 2.05) is 6.07 Å². The van der Waals surface area contributed by atoms with Gasteiger partial charge in [-0.1, -0.05) is 6.07 Å². The number of aromatic nitrogens is 1. The molecule has 1 N–H and O–H groups in total. The molecule has 0 aliphatic carbocycles. The van der Waals surface area contributed by atoms with Crippen molar-refractivity contribution >= 4 is 17.3 Å². The van der Waals surface area contributed by atoms with Crippen LogP contribution in [0.3, 0.4) is 0 Å². The first-order valence-corrected chi connectivity index (χ1v) is 7.61. The Balaban J connectivity index is 1.80. The number of anilines is 2. The van der Waals surface area contributed by atoms with E-state index < -0.39 is 23.2 Å². The number of para-hydroxylation sites is 1. The Kier molecular flexibility index (Phi) is 4.50. The van der Waals surface area contributed by atoms with Crippen LogP contribution in [-0.2, 0) is 0 Å². The zero-order valence-electron chi connectivity index (χ0n) is 12.6. The second-order valence-electron chi connectivity index (χ2n) is 5.50. The molecule has 1 aliphatic heterocycles. The van der Waals surface area contributed by atoms with Gasteiger partial charge in [0.25, 0.3) is 5.91 Å². The van der Waals surface area contributed by atoms with Gasteiger partial charge in [0.05, 0.1) is 0 Å². The van der Waals surface area contributed by atoms with Crippen molar-refractivity contribution in [2.45, 2.75) is 19.3 Å². The minimum absolute atomic E-state index is 0.135. The first-order chi connectivity index (χ1) is 11.1. The van der Waals surface area contributed by atoms with Crippen LogP contribution in [0.1, 0.15) is 29.8 Å². The van der Waals surface area contributed by atoms with Crippen molar-refractivity contribution in [3.8, 4) is 0 Å². The van der Waals surface area contributed by atoms with Crippen LogP contribution in [0.25, 0.3) is 0 Å². The van der Waals surface area contributed by atoms with Gasteiger partial charge >= 0.3 is 0 Å². The quantitative estimate of drug-likeness (QED) is 0.941. The lowest BCUT2D eigenvalue weighted by Gasteiger charge is -2.28. The van der Waals surface area contributed by atoms with Crippen LogP contribution >= 0.6 is 0 Å². The highest BCUT2D eigenvalue weighted by Gasteiger charge is 2.17. The van der Waals surface area contributed by atoms with E-state index >= 15 is 0 Å². The number of nitrogens with one attached hydrogen (secondary N) is 1. The van der Waals surface area contributed by atoms with Crippen LogP contribution in [0.4, 0.5) is 20.2 Å². The molecule has 1 aromatic heterocycles. The van der Waals surface area contributed by atoms with Gasteiger partial charge in [0.1, 0.15) is 23.0 Å². The highest BCUT2D eigenvalue weighted by atomic mass is 19.1. The Labute approximate surface area is 133 Å². The molecule has 23 heavy (non-hydrogen) atoms. The largest absolute Gasteiger partial charge is 0.371 e. The summed E-state index contributed by atoms with van der Waals surface area (Å²) in [7, 11) is 0. The van der Waals surface area contributed by atoms with Crippen molar-refractivity contribution in [2.24, 2.45) is 0 Å². The topological polar surface area (TPSA) is 45.2 Å². The van der Waals surface area contributed by atoms with E-state index in [0.717, 1.165) is 43.8 Å². The van der Waals surface area contributed by atoms with Gasteiger partial charge in [-0.3, -0.25) is 9.78 Å². The molecule has 0 saturated carbocycles. The fraction of sp³-hybridized carbons (Fsp3) is 0.294. The number of benzene rings is 1. The molecule has 0 unspecified atom stereocenters. The van der Waals surface area contributed by atoms with Crippen molar-refractivity contribution in [1.82, 2.24) is 4.98 Å². The van der Waals surface area contributed by atoms with E-state index in [0.29, 0.717) is 0 Å². The number of rotatable bonds is 3. The number of hydrogen-bond acceptors (Lipinski definition) is 3. The molecule has 0 radical (unpaired) electrons. The van der Waals surface area contributed by atoms with Crippen molar-refractivity contribution in [3.05, 3.63) is 53.9 Å². The van der Waals surface area contributed by atoms with Gasteiger partial charge in [-0.15, -0.1) is 0 Å². The van der Waals surface area contributed by atoms with Crippen LogP contribution < -0.4 is 10.2 Å². The molecule has 120 valence electrons. The van der Waals surface area contributed by atoms with Crippen LogP contribution in [0.15, 0.2) is 36.5 Å². The van der Waals surface area contributed by atoms with Gasteiger partial charge in [-0.05, 0) is 43.5 Å². The Morgan fingerprint density at radius 1 is 1.09 bits per heavy atom. The smallest absolute Gasteiger partial charge is 0.274 e. The first-order valence-electron chi connectivity index (χ1n) is 7.61. The third-order valence-corrected chi connectivity index (χ3v) is 3.90. The standard InChI is InChI=1S/C17H17F2N3O/c18-13-5-4-6-14(19)16(13)21-17(23)15-11-12(7-8-20-15)22-9-2-1-3-10-22/h4-8,11H,1-3,9-10H2,(H,21,23). The highest BCUT2D eigenvalue weighted by molar-refractivity contribution is 6.03. The minimum Gasteiger partial charge on any atom is -0.371 e. The van der Waals surface area contributed by atoms with Crippen LogP contribution in [0.5, 0.6) is 0 Å². The molecule has 4 nitrogen and oxygen atoms in total. The zero-order chi connectivity index (χ0) is 16.2. The number of carbonyl (C=O) groups is 1. The monoisotopic (exact) mass is 317 g/mol. The van der Waals surface area contributed by atoms with Gasteiger partial charge in [0.15, 0.2) is 0 Å². The number of hydrogen-bond donors (Lipinski definition) is 1. The van der Waals surface area contributed by atoms with E-state index in [2.05, 4.69) is 15.2 Å². The maximum absolute atomic E-state index is 13.6. The molecule has 2 heterocycles. The normalized spacial score (nSPS) is 14.6. The summed E-state index contributed by atoms with van der Waals surface area (Å²) in [4.78, 5) is 18.4. The molecule has 3 rings (SSSR count). The summed E-state index contributed by atoms with van der Waals surface area (Å²) in [5.74, 6) is -2.26. The lowest BCUT2D eigenvalue weighted by atomic mass is 10.1. The molecule has 1 fully saturated rings. The molecular weight excluding hydrogens is 300 g/mol. The number of halogens is 2. The molecule has 1 aliphatic rings. The molecule has 0 atom stereocenters. The maximum atomic E-state index is 13.6. The van der Waals surface area contributed by atoms with E-state index in [9.17, 15) is 13.6 Å². The maximum Gasteiger partial charge on any atom is 0.274 e. The van der Waals surface area contributed by atoms with E-state index in [4.69, 9.17) is 0 Å². The van der Waals surface area contributed by atoms with Crippen LogP contribution in [0.2, 0.25) is 0 Å². The van der Waals surface area contributed by atoms with E-state index in [-0.39, 0.29) is 5.69 Å². The van der Waals surface area contributed by atoms with Crippen molar-refractivity contribution in [1.29, 1.82) is 0 Å². The van der Waals surface area contributed by atoms with Crippen molar-refractivity contribution < 1.29 is 13.6 Å². The fourth-order valence-corrected chi connectivity index (χ4v) is 2.69. The predicted octanol–water partition coefficient (Wildman–Crippen LogP) is 3.60. The molecular formula is C17H17F2N3O. The summed E-state index contributed by atoms with van der Waals surface area (Å²) in [6.07, 6.45) is 4.98. The number of amides is 1. The first kappa shape index (κ1) is 15.4. The summed E-state index contributed by atoms with van der Waals surface area (Å²) in [6.45, 7) is 1.88. The Morgan fingerprint density at radius 2 is 1.78 bits per heavy atom. The summed E-state index contributed by atoms with van der Waals surface area (Å²) in [6, 6.07) is 6.92. The highest BCUT2D eigenvalue weighted by Crippen LogP contribution is 2.22.